The highest BCUT2D eigenvalue weighted by Crippen LogP contribution is 2.42. The fourth-order valence-electron chi connectivity index (χ4n) is 2.76. The Morgan fingerprint density at radius 3 is 2.47 bits per heavy atom. The minimum absolute atomic E-state index is 0.453. The van der Waals surface area contributed by atoms with Gasteiger partial charge in [0.15, 0.2) is 5.11 Å². The summed E-state index contributed by atoms with van der Waals surface area (Å²) in [6.45, 7) is 5.55. The average Bonchev–Trinajstić information content (AvgIpc) is 2.62. The van der Waals surface area contributed by atoms with Gasteiger partial charge in [0, 0.05) is 6.54 Å². The fraction of sp³-hybridized carbons (Fsp3) is 0.909. The molecule has 4 N–H and O–H groups in total. The highest BCUT2D eigenvalue weighted by Gasteiger charge is 2.34. The van der Waals surface area contributed by atoms with E-state index in [1.807, 2.05) is 0 Å². The summed E-state index contributed by atoms with van der Waals surface area (Å²) in [5.41, 5.74) is 2.93. The van der Waals surface area contributed by atoms with E-state index in [0.29, 0.717) is 10.5 Å². The lowest BCUT2D eigenvalue weighted by Crippen LogP contribution is -2.44. The second-order valence-electron chi connectivity index (χ2n) is 5.13. The van der Waals surface area contributed by atoms with Gasteiger partial charge in [-0.25, -0.2) is 5.84 Å². The molecule has 0 unspecified atom stereocenters. The van der Waals surface area contributed by atoms with Crippen LogP contribution >= 0.6 is 12.2 Å². The number of hydrazine groups is 1. The van der Waals surface area contributed by atoms with E-state index in [1.54, 1.807) is 0 Å². The average molecular weight is 229 g/mol. The van der Waals surface area contributed by atoms with Crippen molar-refractivity contribution in [2.24, 2.45) is 17.2 Å². The lowest BCUT2D eigenvalue weighted by atomic mass is 9.78. The molecule has 0 saturated heterocycles. The highest BCUT2D eigenvalue weighted by atomic mass is 32.1. The molecule has 15 heavy (non-hydrogen) atoms. The molecule has 1 aliphatic carbocycles. The second kappa shape index (κ2) is 5.66. The smallest absolute Gasteiger partial charge is 0.180 e. The summed E-state index contributed by atoms with van der Waals surface area (Å²) in [5.74, 6) is 6.00. The molecule has 1 fully saturated rings. The van der Waals surface area contributed by atoms with Gasteiger partial charge in [-0.05, 0) is 42.8 Å². The van der Waals surface area contributed by atoms with Gasteiger partial charge in [0.05, 0.1) is 0 Å². The molecule has 0 aromatic heterocycles. The molecule has 0 aromatic carbocycles. The molecule has 0 aromatic rings. The van der Waals surface area contributed by atoms with Crippen molar-refractivity contribution >= 4 is 17.3 Å². The van der Waals surface area contributed by atoms with Crippen LogP contribution in [-0.2, 0) is 0 Å². The molecule has 0 spiro atoms. The number of hydrogen-bond donors (Lipinski definition) is 3. The first-order valence-electron chi connectivity index (χ1n) is 5.82. The summed E-state index contributed by atoms with van der Waals surface area (Å²) in [4.78, 5) is 0. The molecule has 0 aliphatic heterocycles. The monoisotopic (exact) mass is 229 g/mol. The topological polar surface area (TPSA) is 50.1 Å². The van der Waals surface area contributed by atoms with E-state index in [9.17, 15) is 0 Å². The number of rotatable bonds is 4. The molecule has 0 heterocycles. The third kappa shape index (κ3) is 3.95. The van der Waals surface area contributed by atoms with E-state index < -0.39 is 0 Å². The molecule has 0 bridgehead atoms. The molecular formula is C11H23N3S. The minimum Gasteiger partial charge on any atom is -0.361 e. The molecule has 1 saturated carbocycles. The van der Waals surface area contributed by atoms with E-state index in [1.165, 1.54) is 32.1 Å². The Morgan fingerprint density at radius 2 is 2.00 bits per heavy atom. The first-order chi connectivity index (χ1) is 7.08. The Balaban J connectivity index is 2.46. The predicted molar refractivity (Wildman–Crippen MR) is 68.3 cm³/mol. The molecule has 1 rings (SSSR count). The van der Waals surface area contributed by atoms with Crippen LogP contribution in [0.3, 0.4) is 0 Å². The fourth-order valence-corrected chi connectivity index (χ4v) is 2.84. The van der Waals surface area contributed by atoms with Gasteiger partial charge in [-0.3, -0.25) is 0 Å². The Morgan fingerprint density at radius 1 is 1.40 bits per heavy atom. The third-order valence-corrected chi connectivity index (χ3v) is 3.52. The Bertz CT molecular complexity index is 210. The maximum absolute atomic E-state index is 5.25. The lowest BCUT2D eigenvalue weighted by Gasteiger charge is -2.31. The van der Waals surface area contributed by atoms with Crippen LogP contribution in [0.15, 0.2) is 0 Å². The Hall–Kier alpha value is -0.350. The molecule has 88 valence electrons. The van der Waals surface area contributed by atoms with Gasteiger partial charge in [0.1, 0.15) is 0 Å². The van der Waals surface area contributed by atoms with Gasteiger partial charge in [-0.1, -0.05) is 26.7 Å². The summed E-state index contributed by atoms with van der Waals surface area (Å²) < 4.78 is 0. The van der Waals surface area contributed by atoms with Crippen molar-refractivity contribution in [3.05, 3.63) is 0 Å². The highest BCUT2D eigenvalue weighted by molar-refractivity contribution is 7.80. The van der Waals surface area contributed by atoms with E-state index in [0.717, 1.165) is 12.5 Å². The van der Waals surface area contributed by atoms with Crippen LogP contribution in [0, 0.1) is 11.3 Å². The normalized spacial score (nSPS) is 19.2. The molecular weight excluding hydrogens is 206 g/mol. The predicted octanol–water partition coefficient (Wildman–Crippen LogP) is 1.93. The quantitative estimate of drug-likeness (QED) is 0.392. The first kappa shape index (κ1) is 12.7. The van der Waals surface area contributed by atoms with E-state index >= 15 is 0 Å². The summed E-state index contributed by atoms with van der Waals surface area (Å²) >= 11 is 5.01. The third-order valence-electron chi connectivity index (χ3n) is 3.26. The number of thiocarbonyl (C=S) groups is 1. The lowest BCUT2D eigenvalue weighted by molar-refractivity contribution is 0.235. The van der Waals surface area contributed by atoms with Gasteiger partial charge in [0.25, 0.3) is 0 Å². The molecule has 0 atom stereocenters. The molecule has 1 aliphatic rings. The summed E-state index contributed by atoms with van der Waals surface area (Å²) in [7, 11) is 0. The van der Waals surface area contributed by atoms with E-state index in [-0.39, 0.29) is 0 Å². The van der Waals surface area contributed by atoms with Crippen LogP contribution in [0.2, 0.25) is 0 Å². The van der Waals surface area contributed by atoms with Crippen molar-refractivity contribution in [3.63, 3.8) is 0 Å². The maximum Gasteiger partial charge on any atom is 0.180 e. The van der Waals surface area contributed by atoms with Gasteiger partial charge in [-0.2, -0.15) is 0 Å². The van der Waals surface area contributed by atoms with Gasteiger partial charge >= 0.3 is 0 Å². The van der Waals surface area contributed by atoms with Crippen LogP contribution < -0.4 is 16.6 Å². The Kier molecular flexibility index (Phi) is 4.80. The minimum atomic E-state index is 0.453. The van der Waals surface area contributed by atoms with Crippen molar-refractivity contribution in [2.45, 2.75) is 46.0 Å². The van der Waals surface area contributed by atoms with Gasteiger partial charge < -0.3 is 10.7 Å². The SMILES string of the molecule is CC(C)CC1(CNC(=S)NN)CCCC1. The van der Waals surface area contributed by atoms with Crippen molar-refractivity contribution < 1.29 is 0 Å². The number of nitrogens with one attached hydrogen (secondary N) is 2. The zero-order chi connectivity index (χ0) is 11.3. The zero-order valence-electron chi connectivity index (χ0n) is 9.81. The molecule has 0 amide bonds. The van der Waals surface area contributed by atoms with Crippen molar-refractivity contribution in [1.82, 2.24) is 10.7 Å². The van der Waals surface area contributed by atoms with Gasteiger partial charge in [-0.15, -0.1) is 0 Å². The van der Waals surface area contributed by atoms with E-state index in [4.69, 9.17) is 18.1 Å². The van der Waals surface area contributed by atoms with Crippen LogP contribution in [0.25, 0.3) is 0 Å². The van der Waals surface area contributed by atoms with E-state index in [2.05, 4.69) is 24.6 Å². The molecule has 3 nitrogen and oxygen atoms in total. The van der Waals surface area contributed by atoms with Crippen LogP contribution in [0.5, 0.6) is 0 Å². The van der Waals surface area contributed by atoms with Crippen molar-refractivity contribution in [1.29, 1.82) is 0 Å². The molecule has 0 radical (unpaired) electrons. The summed E-state index contributed by atoms with van der Waals surface area (Å²) in [5, 5.41) is 3.78. The van der Waals surface area contributed by atoms with Crippen molar-refractivity contribution in [3.8, 4) is 0 Å². The van der Waals surface area contributed by atoms with Crippen molar-refractivity contribution in [2.75, 3.05) is 6.54 Å². The van der Waals surface area contributed by atoms with Crippen LogP contribution in [0.4, 0.5) is 0 Å². The van der Waals surface area contributed by atoms with Crippen LogP contribution in [0.1, 0.15) is 46.0 Å². The first-order valence-corrected chi connectivity index (χ1v) is 6.23. The number of hydrogen-bond acceptors (Lipinski definition) is 2. The molecule has 4 heteroatoms. The maximum atomic E-state index is 5.25. The second-order valence-corrected chi connectivity index (χ2v) is 5.54. The number of nitrogens with two attached hydrogens (primary N) is 1. The van der Waals surface area contributed by atoms with Gasteiger partial charge in [0.2, 0.25) is 0 Å². The zero-order valence-corrected chi connectivity index (χ0v) is 10.6. The largest absolute Gasteiger partial charge is 0.361 e. The summed E-state index contributed by atoms with van der Waals surface area (Å²) in [6.07, 6.45) is 6.65. The Labute approximate surface area is 98.2 Å². The summed E-state index contributed by atoms with van der Waals surface area (Å²) in [6, 6.07) is 0. The van der Waals surface area contributed by atoms with Crippen LogP contribution in [-0.4, -0.2) is 11.7 Å². The standard InChI is InChI=1S/C11H23N3S/c1-9(2)7-11(5-3-4-6-11)8-13-10(15)14-12/h9H,3-8,12H2,1-2H3,(H2,13,14,15).